The van der Waals surface area contributed by atoms with Crippen molar-refractivity contribution in [2.75, 3.05) is 12.8 Å². The number of aryl methyl sites for hydroxylation is 1. The number of hydrogen-bond donors (Lipinski definition) is 1. The molecule has 0 saturated carbocycles. The number of hydrogen-bond acceptors (Lipinski definition) is 3. The minimum Gasteiger partial charge on any atom is -0.396 e. The number of para-hydroxylation sites is 1. The van der Waals surface area contributed by atoms with E-state index in [1.54, 1.807) is 29.4 Å². The lowest BCUT2D eigenvalue weighted by atomic mass is 10.1. The number of anilines is 1. The van der Waals surface area contributed by atoms with Crippen molar-refractivity contribution in [2.24, 2.45) is 0 Å². The summed E-state index contributed by atoms with van der Waals surface area (Å²) in [5, 5.41) is 1.99. The zero-order chi connectivity index (χ0) is 14.0. The SMILES string of the molecule is Cc1ccsc1CN(C)C(=O)c1cccc(F)c1N. The van der Waals surface area contributed by atoms with Crippen LogP contribution in [0, 0.1) is 12.7 Å². The van der Waals surface area contributed by atoms with Crippen molar-refractivity contribution in [3.8, 4) is 0 Å². The van der Waals surface area contributed by atoms with Crippen LogP contribution in [0.1, 0.15) is 20.8 Å². The highest BCUT2D eigenvalue weighted by Gasteiger charge is 2.17. The molecule has 0 bridgehead atoms. The van der Waals surface area contributed by atoms with Gasteiger partial charge in [0.05, 0.1) is 17.8 Å². The van der Waals surface area contributed by atoms with E-state index in [2.05, 4.69) is 0 Å². The Morgan fingerprint density at radius 2 is 2.16 bits per heavy atom. The minimum atomic E-state index is -0.563. The summed E-state index contributed by atoms with van der Waals surface area (Å²) in [6.07, 6.45) is 0. The number of nitrogen functional groups attached to an aromatic ring is 1. The summed E-state index contributed by atoms with van der Waals surface area (Å²) in [4.78, 5) is 14.9. The van der Waals surface area contributed by atoms with Crippen LogP contribution in [-0.2, 0) is 6.54 Å². The molecule has 1 aromatic carbocycles. The normalized spacial score (nSPS) is 10.5. The topological polar surface area (TPSA) is 46.3 Å². The molecular weight excluding hydrogens is 263 g/mol. The largest absolute Gasteiger partial charge is 0.396 e. The number of nitrogens with zero attached hydrogens (tertiary/aromatic N) is 1. The van der Waals surface area contributed by atoms with Crippen LogP contribution < -0.4 is 5.73 Å². The highest BCUT2D eigenvalue weighted by atomic mass is 32.1. The molecule has 0 radical (unpaired) electrons. The highest BCUT2D eigenvalue weighted by molar-refractivity contribution is 7.10. The monoisotopic (exact) mass is 278 g/mol. The van der Waals surface area contributed by atoms with Gasteiger partial charge < -0.3 is 10.6 Å². The molecule has 0 aliphatic carbocycles. The average molecular weight is 278 g/mol. The maximum absolute atomic E-state index is 13.4. The minimum absolute atomic E-state index is 0.0951. The summed E-state index contributed by atoms with van der Waals surface area (Å²) in [6, 6.07) is 6.28. The maximum atomic E-state index is 13.4. The smallest absolute Gasteiger partial charge is 0.256 e. The third kappa shape index (κ3) is 2.76. The fourth-order valence-electron chi connectivity index (χ4n) is 1.78. The Bertz CT molecular complexity index is 609. The third-order valence-corrected chi connectivity index (χ3v) is 3.99. The van der Waals surface area contributed by atoms with Crippen LogP contribution in [0.4, 0.5) is 10.1 Å². The first-order valence-electron chi connectivity index (χ1n) is 5.83. The van der Waals surface area contributed by atoms with E-state index in [0.717, 1.165) is 10.4 Å². The lowest BCUT2D eigenvalue weighted by Crippen LogP contribution is -2.27. The summed E-state index contributed by atoms with van der Waals surface area (Å²) in [5.41, 5.74) is 6.86. The Morgan fingerprint density at radius 1 is 1.42 bits per heavy atom. The molecule has 2 rings (SSSR count). The van der Waals surface area contributed by atoms with Gasteiger partial charge in [0, 0.05) is 11.9 Å². The van der Waals surface area contributed by atoms with Gasteiger partial charge >= 0.3 is 0 Å². The molecule has 0 aliphatic rings. The summed E-state index contributed by atoms with van der Waals surface area (Å²) in [6.45, 7) is 2.50. The number of amides is 1. The van der Waals surface area contributed by atoms with Crippen LogP contribution in [-0.4, -0.2) is 17.9 Å². The summed E-state index contributed by atoms with van der Waals surface area (Å²) in [5.74, 6) is -0.837. The molecule has 5 heteroatoms. The van der Waals surface area contributed by atoms with Gasteiger partial charge in [0.2, 0.25) is 0 Å². The second kappa shape index (κ2) is 5.40. The number of carbonyl (C=O) groups excluding carboxylic acids is 1. The molecule has 0 aliphatic heterocycles. The zero-order valence-corrected chi connectivity index (χ0v) is 11.6. The second-order valence-corrected chi connectivity index (χ2v) is 5.39. The van der Waals surface area contributed by atoms with E-state index in [9.17, 15) is 9.18 Å². The lowest BCUT2D eigenvalue weighted by Gasteiger charge is -2.18. The first kappa shape index (κ1) is 13.5. The van der Waals surface area contributed by atoms with Gasteiger partial charge in [-0.3, -0.25) is 4.79 Å². The van der Waals surface area contributed by atoms with E-state index in [1.807, 2.05) is 18.4 Å². The van der Waals surface area contributed by atoms with E-state index >= 15 is 0 Å². The molecule has 19 heavy (non-hydrogen) atoms. The van der Waals surface area contributed by atoms with Crippen LogP contribution >= 0.6 is 11.3 Å². The summed E-state index contributed by atoms with van der Waals surface area (Å²) >= 11 is 1.60. The van der Waals surface area contributed by atoms with Crippen molar-refractivity contribution in [3.05, 3.63) is 51.5 Å². The van der Waals surface area contributed by atoms with E-state index in [1.165, 1.54) is 12.1 Å². The average Bonchev–Trinajstić information content (AvgIpc) is 2.77. The van der Waals surface area contributed by atoms with Crippen LogP contribution in [0.2, 0.25) is 0 Å². The van der Waals surface area contributed by atoms with Crippen molar-refractivity contribution in [1.29, 1.82) is 0 Å². The first-order chi connectivity index (χ1) is 9.00. The van der Waals surface area contributed by atoms with Gasteiger partial charge in [-0.15, -0.1) is 11.3 Å². The number of halogens is 1. The molecule has 2 aromatic rings. The fraction of sp³-hybridized carbons (Fsp3) is 0.214. The van der Waals surface area contributed by atoms with Gasteiger partial charge in [-0.05, 0) is 36.1 Å². The third-order valence-electron chi connectivity index (χ3n) is 2.98. The van der Waals surface area contributed by atoms with Crippen LogP contribution in [0.15, 0.2) is 29.6 Å². The Labute approximate surface area is 115 Å². The molecule has 0 unspecified atom stereocenters. The van der Waals surface area contributed by atoms with Crippen LogP contribution in [0.5, 0.6) is 0 Å². The zero-order valence-electron chi connectivity index (χ0n) is 10.8. The molecule has 1 heterocycles. The van der Waals surface area contributed by atoms with Crippen molar-refractivity contribution in [1.82, 2.24) is 4.90 Å². The molecule has 0 atom stereocenters. The summed E-state index contributed by atoms with van der Waals surface area (Å²) in [7, 11) is 1.69. The van der Waals surface area contributed by atoms with E-state index in [-0.39, 0.29) is 17.2 Å². The van der Waals surface area contributed by atoms with Gasteiger partial charge in [0.15, 0.2) is 0 Å². The maximum Gasteiger partial charge on any atom is 0.256 e. The fourth-order valence-corrected chi connectivity index (χ4v) is 2.74. The van der Waals surface area contributed by atoms with E-state index < -0.39 is 5.82 Å². The first-order valence-corrected chi connectivity index (χ1v) is 6.71. The number of nitrogens with two attached hydrogens (primary N) is 1. The van der Waals surface area contributed by atoms with Gasteiger partial charge in [0.1, 0.15) is 5.82 Å². The van der Waals surface area contributed by atoms with Crippen LogP contribution in [0.3, 0.4) is 0 Å². The van der Waals surface area contributed by atoms with Gasteiger partial charge in [-0.1, -0.05) is 6.07 Å². The van der Waals surface area contributed by atoms with E-state index in [4.69, 9.17) is 5.73 Å². The van der Waals surface area contributed by atoms with Crippen LogP contribution in [0.25, 0.3) is 0 Å². The molecule has 100 valence electrons. The van der Waals surface area contributed by atoms with Crippen molar-refractivity contribution >= 4 is 22.9 Å². The Morgan fingerprint density at radius 3 is 2.79 bits per heavy atom. The standard InChI is InChI=1S/C14H15FN2OS/c1-9-6-7-19-12(9)8-17(2)14(18)10-4-3-5-11(15)13(10)16/h3-7H,8,16H2,1-2H3. The Hall–Kier alpha value is -1.88. The Balaban J connectivity index is 2.20. The molecule has 1 amide bonds. The second-order valence-electron chi connectivity index (χ2n) is 4.39. The number of rotatable bonds is 3. The van der Waals surface area contributed by atoms with Gasteiger partial charge in [0.25, 0.3) is 5.91 Å². The predicted molar refractivity (Wildman–Crippen MR) is 75.7 cm³/mol. The molecule has 3 nitrogen and oxygen atoms in total. The predicted octanol–water partition coefficient (Wildman–Crippen LogP) is 3.05. The molecule has 1 aromatic heterocycles. The molecule has 0 fully saturated rings. The number of thiophene rings is 1. The number of carbonyl (C=O) groups is 1. The van der Waals surface area contributed by atoms with Gasteiger partial charge in [-0.25, -0.2) is 4.39 Å². The van der Waals surface area contributed by atoms with E-state index in [0.29, 0.717) is 6.54 Å². The molecular formula is C14H15FN2OS. The van der Waals surface area contributed by atoms with Crippen molar-refractivity contribution < 1.29 is 9.18 Å². The number of benzene rings is 1. The lowest BCUT2D eigenvalue weighted by molar-refractivity contribution is 0.0787. The molecule has 0 spiro atoms. The van der Waals surface area contributed by atoms with Crippen molar-refractivity contribution in [2.45, 2.75) is 13.5 Å². The summed E-state index contributed by atoms with van der Waals surface area (Å²) < 4.78 is 13.4. The Kier molecular flexibility index (Phi) is 3.85. The molecule has 2 N–H and O–H groups in total. The van der Waals surface area contributed by atoms with Gasteiger partial charge in [-0.2, -0.15) is 0 Å². The highest BCUT2D eigenvalue weighted by Crippen LogP contribution is 2.21. The quantitative estimate of drug-likeness (QED) is 0.877. The molecule has 0 saturated heterocycles. The van der Waals surface area contributed by atoms with Crippen molar-refractivity contribution in [3.63, 3.8) is 0 Å².